The highest BCUT2D eigenvalue weighted by atomic mass is 35.5. The zero-order valence-electron chi connectivity index (χ0n) is 43.9. The van der Waals surface area contributed by atoms with E-state index in [1.54, 1.807) is 36.7 Å². The quantitative estimate of drug-likeness (QED) is 0.0924. The lowest BCUT2D eigenvalue weighted by Gasteiger charge is -2.37. The van der Waals surface area contributed by atoms with Crippen LogP contribution in [0.2, 0.25) is 10.0 Å². The van der Waals surface area contributed by atoms with Crippen LogP contribution in [0.15, 0.2) is 91.5 Å². The Kier molecular flexibility index (Phi) is 14.4. The number of fused-ring (bicyclic) bond motifs is 2. The van der Waals surface area contributed by atoms with Crippen LogP contribution in [-0.4, -0.2) is 143 Å². The van der Waals surface area contributed by atoms with E-state index in [0.29, 0.717) is 53.4 Å². The number of rotatable bonds is 11. The van der Waals surface area contributed by atoms with E-state index in [-0.39, 0.29) is 41.8 Å². The van der Waals surface area contributed by atoms with E-state index < -0.39 is 29.7 Å². The normalized spacial score (nSPS) is 18.4. The van der Waals surface area contributed by atoms with Crippen molar-refractivity contribution in [3.8, 4) is 28.8 Å². The van der Waals surface area contributed by atoms with Gasteiger partial charge in [-0.05, 0) is 99.7 Å². The van der Waals surface area contributed by atoms with Crippen LogP contribution in [0.1, 0.15) is 82.2 Å². The largest absolute Gasteiger partial charge is 0.384 e. The molecule has 5 aromatic heterocycles. The first-order valence-electron chi connectivity index (χ1n) is 27.0. The van der Waals surface area contributed by atoms with Crippen LogP contribution in [-0.2, 0) is 20.9 Å². The molecule has 5 aliphatic rings. The number of likely N-dealkylation sites (tertiary alicyclic amines) is 1. The number of piperidine rings is 3. The van der Waals surface area contributed by atoms with Gasteiger partial charge < -0.3 is 25.8 Å². The molecule has 10 heterocycles. The van der Waals surface area contributed by atoms with Crippen molar-refractivity contribution in [1.82, 2.24) is 54.3 Å². The molecule has 22 heteroatoms. The van der Waals surface area contributed by atoms with Crippen LogP contribution in [0.3, 0.4) is 0 Å². The molecule has 20 nitrogen and oxygen atoms in total. The third-order valence-corrected chi connectivity index (χ3v) is 16.5. The Morgan fingerprint density at radius 1 is 0.825 bits per heavy atom. The molecule has 4 saturated heterocycles. The highest BCUT2D eigenvalue weighted by Crippen LogP contribution is 2.39. The van der Waals surface area contributed by atoms with Crippen molar-refractivity contribution >= 4 is 86.9 Å². The number of nitrogens with zero attached hydrogens (tertiary/aromatic N) is 12. The molecule has 7 aromatic rings. The zero-order chi connectivity index (χ0) is 55.2. The summed E-state index contributed by atoms with van der Waals surface area (Å²) in [6.45, 7) is 8.81. The number of imide groups is 2. The van der Waals surface area contributed by atoms with Crippen molar-refractivity contribution < 1.29 is 24.0 Å². The monoisotopic (exact) mass is 1110 g/mol. The summed E-state index contributed by atoms with van der Waals surface area (Å²) in [5.74, 6) is 6.71. The summed E-state index contributed by atoms with van der Waals surface area (Å²) < 4.78 is 3.92. The van der Waals surface area contributed by atoms with Crippen LogP contribution >= 0.6 is 23.2 Å². The molecule has 1 unspecified atom stereocenters. The molecule has 0 radical (unpaired) electrons. The fourth-order valence-corrected chi connectivity index (χ4v) is 12.4. The maximum Gasteiger partial charge on any atom is 0.264 e. The van der Waals surface area contributed by atoms with Gasteiger partial charge in [0.05, 0.1) is 57.0 Å². The van der Waals surface area contributed by atoms with Crippen LogP contribution in [0.5, 0.6) is 0 Å². The Labute approximate surface area is 471 Å². The molecule has 4 fully saturated rings. The number of imidazole rings is 1. The standard InChI is InChI=1S/C58H57Cl2N15O5/c1-35-66-47-9-8-45(39-13-18-62-49(61)28-39)67-54(47)74(35)41-29-43(59)53(44(60)30-41)71-26-24-69(25-27-71)19-3-4-36-7-11-50(64-31-36)70-20-14-38(15-21-70)56(78)72-22-16-40(17-23-72)73-34-37(33-65-73)32-63-46-6-2-5-42-52(46)58(80)75(57(42)79)48-10-12-51(76)68-55(48)77/h2,5-9,11,13,18,28-31,33-34,38,40,48,63H,10,12,14-17,19-27,32H2,1H3,(H2,61,62)(H,68,76,77). The first kappa shape index (κ1) is 52.3. The number of carbonyl (C=O) groups excluding carboxylic acids is 5. The van der Waals surface area contributed by atoms with Crippen LogP contribution in [0, 0.1) is 24.7 Å². The molecule has 2 aromatic carbocycles. The second kappa shape index (κ2) is 22.0. The number of pyridine rings is 3. The van der Waals surface area contributed by atoms with Crippen molar-refractivity contribution in [3.63, 3.8) is 0 Å². The molecule has 0 aliphatic carbocycles. The van der Waals surface area contributed by atoms with Gasteiger partial charge >= 0.3 is 0 Å². The molecule has 0 saturated carbocycles. The molecular formula is C58H57Cl2N15O5. The van der Waals surface area contributed by atoms with E-state index in [1.807, 2.05) is 75.9 Å². The Balaban J connectivity index is 0.577. The van der Waals surface area contributed by atoms with Gasteiger partial charge in [-0.2, -0.15) is 5.10 Å². The summed E-state index contributed by atoms with van der Waals surface area (Å²) in [5.41, 5.74) is 13.2. The van der Waals surface area contributed by atoms with E-state index in [0.717, 1.165) is 121 Å². The zero-order valence-corrected chi connectivity index (χ0v) is 45.5. The first-order valence-corrected chi connectivity index (χ1v) is 27.7. The predicted octanol–water partition coefficient (Wildman–Crippen LogP) is 6.54. The number of halogens is 2. The van der Waals surface area contributed by atoms with Crippen molar-refractivity contribution in [2.45, 2.75) is 64.1 Å². The summed E-state index contributed by atoms with van der Waals surface area (Å²) in [4.78, 5) is 93.2. The minimum atomic E-state index is -1.03. The highest BCUT2D eigenvalue weighted by Gasteiger charge is 2.46. The number of piperazine rings is 1. The van der Waals surface area contributed by atoms with Crippen molar-refractivity contribution in [2.75, 3.05) is 79.8 Å². The summed E-state index contributed by atoms with van der Waals surface area (Å²) in [6, 6.07) is 19.5. The second-order valence-electron chi connectivity index (χ2n) is 20.9. The van der Waals surface area contributed by atoms with Crippen molar-refractivity contribution in [2.24, 2.45) is 5.92 Å². The van der Waals surface area contributed by atoms with E-state index in [1.165, 1.54) is 0 Å². The third-order valence-electron chi connectivity index (χ3n) is 15.9. The molecule has 1 atom stereocenters. The number of carbonyl (C=O) groups is 5. The maximum absolute atomic E-state index is 13.8. The minimum absolute atomic E-state index is 0.0322. The number of nitrogen functional groups attached to an aromatic ring is 1. The van der Waals surface area contributed by atoms with Gasteiger partial charge in [-0.3, -0.25) is 48.3 Å². The fraction of sp³-hybridized carbons (Fsp3) is 0.345. The summed E-state index contributed by atoms with van der Waals surface area (Å²) in [7, 11) is 0. The second-order valence-corrected chi connectivity index (χ2v) is 21.7. The van der Waals surface area contributed by atoms with E-state index in [2.05, 4.69) is 47.3 Å². The van der Waals surface area contributed by atoms with Crippen LogP contribution in [0.4, 0.5) is 23.0 Å². The highest BCUT2D eigenvalue weighted by molar-refractivity contribution is 6.39. The molecule has 12 rings (SSSR count). The number of anilines is 4. The van der Waals surface area contributed by atoms with Gasteiger partial charge in [0.1, 0.15) is 29.0 Å². The topological polar surface area (TPSA) is 226 Å². The lowest BCUT2D eigenvalue weighted by Crippen LogP contribution is -2.54. The molecule has 0 bridgehead atoms. The van der Waals surface area contributed by atoms with Gasteiger partial charge in [0.15, 0.2) is 5.65 Å². The molecule has 408 valence electrons. The van der Waals surface area contributed by atoms with Gasteiger partial charge in [0.25, 0.3) is 11.8 Å². The lowest BCUT2D eigenvalue weighted by molar-refractivity contribution is -0.138. The number of aromatic nitrogens is 7. The summed E-state index contributed by atoms with van der Waals surface area (Å²) in [5, 5.41) is 11.3. The fourth-order valence-electron chi connectivity index (χ4n) is 11.7. The van der Waals surface area contributed by atoms with Gasteiger partial charge in [-0.1, -0.05) is 41.1 Å². The van der Waals surface area contributed by atoms with Crippen LogP contribution in [0.25, 0.3) is 28.1 Å². The Morgan fingerprint density at radius 2 is 1.61 bits per heavy atom. The number of benzene rings is 2. The van der Waals surface area contributed by atoms with Crippen LogP contribution < -0.4 is 26.2 Å². The smallest absolute Gasteiger partial charge is 0.264 e. The van der Waals surface area contributed by atoms with Crippen molar-refractivity contribution in [3.05, 3.63) is 130 Å². The Bertz CT molecular complexity index is 3640. The lowest BCUT2D eigenvalue weighted by atomic mass is 9.93. The number of aryl methyl sites for hydroxylation is 1. The molecule has 5 amide bonds. The summed E-state index contributed by atoms with van der Waals surface area (Å²) in [6.07, 6.45) is 10.5. The Hall–Kier alpha value is -8.38. The average Bonchev–Trinajstić information content (AvgIpc) is 4.22. The third kappa shape index (κ3) is 10.4. The minimum Gasteiger partial charge on any atom is -0.384 e. The SMILES string of the molecule is Cc1nc2ccc(-c3ccnc(N)c3)nc2n1-c1cc(Cl)c(N2CCN(CC#Cc3ccc(N4CCC(C(=O)N5CCC(n6cc(CNc7cccc8c7C(=O)N(C7CCC(=O)NC7=O)C8=O)cn6)CC5)CC4)nc3)CC2)c(Cl)c1. The first-order chi connectivity index (χ1) is 38.8. The van der Waals surface area contributed by atoms with Gasteiger partial charge in [0.2, 0.25) is 17.7 Å². The molecule has 5 aliphatic heterocycles. The number of hydrogen-bond acceptors (Lipinski definition) is 15. The summed E-state index contributed by atoms with van der Waals surface area (Å²) >= 11 is 14.0. The maximum atomic E-state index is 13.8. The number of nitrogens with one attached hydrogen (secondary N) is 2. The van der Waals surface area contributed by atoms with E-state index in [9.17, 15) is 24.0 Å². The molecule has 4 N–H and O–H groups in total. The van der Waals surface area contributed by atoms with Gasteiger partial charge in [-0.25, -0.2) is 19.9 Å². The molecule has 80 heavy (non-hydrogen) atoms. The van der Waals surface area contributed by atoms with Crippen molar-refractivity contribution in [1.29, 1.82) is 0 Å². The number of hydrogen-bond donors (Lipinski definition) is 3. The number of nitrogens with two attached hydrogens (primary N) is 1. The van der Waals surface area contributed by atoms with E-state index in [4.69, 9.17) is 43.9 Å². The van der Waals surface area contributed by atoms with Gasteiger partial charge in [-0.15, -0.1) is 0 Å². The average molecular weight is 1120 g/mol. The molecule has 0 spiro atoms. The Morgan fingerprint density at radius 3 is 2.35 bits per heavy atom. The molecular weight excluding hydrogens is 1060 g/mol. The number of amides is 5. The predicted molar refractivity (Wildman–Crippen MR) is 303 cm³/mol. The van der Waals surface area contributed by atoms with E-state index >= 15 is 0 Å². The van der Waals surface area contributed by atoms with Gasteiger partial charge in [0, 0.05) is 112 Å².